The molecule has 2 fully saturated rings. The fourth-order valence-electron chi connectivity index (χ4n) is 6.72. The van der Waals surface area contributed by atoms with Gasteiger partial charge in [0.05, 0.1) is 7.11 Å². The van der Waals surface area contributed by atoms with Gasteiger partial charge in [0, 0.05) is 25.3 Å². The second-order valence-electron chi connectivity index (χ2n) is 13.3. The number of methoxy groups -OCH3 is 1. The van der Waals surface area contributed by atoms with Gasteiger partial charge in [0.1, 0.15) is 12.2 Å². The predicted molar refractivity (Wildman–Crippen MR) is 175 cm³/mol. The molecule has 50 heavy (non-hydrogen) atoms. The van der Waals surface area contributed by atoms with Crippen LogP contribution in [0, 0.1) is 17.8 Å². The number of aliphatic hydroxyl groups is 2. The van der Waals surface area contributed by atoms with E-state index in [-0.39, 0.29) is 23.8 Å². The lowest BCUT2D eigenvalue weighted by molar-refractivity contribution is -0.374. The monoisotopic (exact) mass is 704 g/mol. The second-order valence-corrected chi connectivity index (χ2v) is 13.3. The summed E-state index contributed by atoms with van der Waals surface area (Å²) in [6.45, 7) is 13.0. The molecule has 4 N–H and O–H groups in total. The number of ether oxygens (including phenoxy) is 5. The van der Waals surface area contributed by atoms with Gasteiger partial charge in [0.15, 0.2) is 6.10 Å². The number of carbonyl (C=O) groups excluding carboxylic acids is 3. The van der Waals surface area contributed by atoms with E-state index in [1.54, 1.807) is 0 Å². The zero-order valence-electron chi connectivity index (χ0n) is 29.2. The fourth-order valence-corrected chi connectivity index (χ4v) is 6.72. The highest BCUT2D eigenvalue weighted by molar-refractivity contribution is 5.98. The number of aliphatic carboxylic acids is 2. The molecule has 0 aromatic heterocycles. The Hall–Kier alpha value is -4.11. The van der Waals surface area contributed by atoms with Gasteiger partial charge >= 0.3 is 29.8 Å². The Labute approximate surface area is 291 Å². The van der Waals surface area contributed by atoms with Gasteiger partial charge in [0.25, 0.3) is 5.60 Å². The summed E-state index contributed by atoms with van der Waals surface area (Å²) in [6, 6.07) is 9.35. The molecule has 3 rings (SSSR count). The molecule has 2 aliphatic rings. The molecule has 0 amide bonds. The first kappa shape index (κ1) is 40.3. The van der Waals surface area contributed by atoms with Crippen LogP contribution in [0.5, 0.6) is 0 Å². The van der Waals surface area contributed by atoms with Crippen molar-refractivity contribution in [2.75, 3.05) is 7.11 Å². The summed E-state index contributed by atoms with van der Waals surface area (Å²) in [6.07, 6.45) is -4.27. The number of carboxylic acids is 2. The first-order valence-corrected chi connectivity index (χ1v) is 16.5. The number of aliphatic hydroxyl groups excluding tert-OH is 1. The highest BCUT2D eigenvalue weighted by Crippen LogP contribution is 2.56. The van der Waals surface area contributed by atoms with E-state index >= 15 is 0 Å². The maximum Gasteiger partial charge on any atom is 0.346 e. The van der Waals surface area contributed by atoms with Crippen LogP contribution < -0.4 is 0 Å². The fraction of sp³-hybridized carbons (Fsp3) is 0.583. The maximum absolute atomic E-state index is 13.6. The molecule has 2 heterocycles. The summed E-state index contributed by atoms with van der Waals surface area (Å²) in [4.78, 5) is 64.0. The largest absolute Gasteiger partial charge is 0.479 e. The van der Waals surface area contributed by atoms with E-state index in [0.717, 1.165) is 31.6 Å². The first-order chi connectivity index (χ1) is 23.4. The zero-order chi connectivity index (χ0) is 37.6. The van der Waals surface area contributed by atoms with Gasteiger partial charge in [0.2, 0.25) is 17.5 Å². The van der Waals surface area contributed by atoms with Crippen molar-refractivity contribution in [1.29, 1.82) is 0 Å². The highest BCUT2D eigenvalue weighted by Gasteiger charge is 2.86. The Morgan fingerprint density at radius 3 is 2.26 bits per heavy atom. The van der Waals surface area contributed by atoms with Crippen molar-refractivity contribution in [2.24, 2.45) is 17.8 Å². The molecule has 276 valence electrons. The van der Waals surface area contributed by atoms with Gasteiger partial charge in [-0.1, -0.05) is 77.1 Å². The Balaban J connectivity index is 2.05. The molecule has 2 aliphatic heterocycles. The Bertz CT molecular complexity index is 1460. The van der Waals surface area contributed by atoms with Crippen LogP contribution >= 0.6 is 0 Å². The molecule has 0 radical (unpaired) electrons. The topological polar surface area (TPSA) is 212 Å². The molecule has 14 heteroatoms. The van der Waals surface area contributed by atoms with Gasteiger partial charge in [-0.2, -0.15) is 0 Å². The van der Waals surface area contributed by atoms with Gasteiger partial charge in [-0.05, 0) is 42.2 Å². The van der Waals surface area contributed by atoms with Gasteiger partial charge < -0.3 is 44.1 Å². The molecule has 0 spiro atoms. The third-order valence-electron chi connectivity index (χ3n) is 9.46. The first-order valence-electron chi connectivity index (χ1n) is 16.5. The minimum Gasteiger partial charge on any atom is -0.479 e. The van der Waals surface area contributed by atoms with Crippen molar-refractivity contribution in [3.63, 3.8) is 0 Å². The van der Waals surface area contributed by atoms with Crippen molar-refractivity contribution < 1.29 is 68.1 Å². The number of allylic oxidation sites excluding steroid dienone is 1. The van der Waals surface area contributed by atoms with E-state index in [2.05, 4.69) is 6.58 Å². The predicted octanol–water partition coefficient (Wildman–Crippen LogP) is 2.97. The van der Waals surface area contributed by atoms with E-state index in [9.17, 15) is 44.4 Å². The van der Waals surface area contributed by atoms with Crippen molar-refractivity contribution >= 4 is 29.8 Å². The second kappa shape index (κ2) is 16.3. The van der Waals surface area contributed by atoms with Crippen LogP contribution in [-0.4, -0.2) is 98.8 Å². The smallest absolute Gasteiger partial charge is 0.346 e. The molecule has 1 aromatic rings. The van der Waals surface area contributed by atoms with Crippen LogP contribution in [0.15, 0.2) is 54.6 Å². The number of benzene rings is 1. The third-order valence-corrected chi connectivity index (χ3v) is 9.46. The minimum atomic E-state index is -3.77. The van der Waals surface area contributed by atoms with Crippen molar-refractivity contribution in [3.05, 3.63) is 60.2 Å². The molecule has 1 unspecified atom stereocenters. The van der Waals surface area contributed by atoms with Gasteiger partial charge in [-0.3, -0.25) is 4.79 Å². The molecule has 10 atom stereocenters. The number of esters is 3. The average Bonchev–Trinajstić information content (AvgIpc) is 3.28. The third kappa shape index (κ3) is 7.93. The summed E-state index contributed by atoms with van der Waals surface area (Å²) in [5, 5.41) is 43.7. The lowest BCUT2D eigenvalue weighted by Gasteiger charge is -2.49. The van der Waals surface area contributed by atoms with Crippen LogP contribution in [0.2, 0.25) is 0 Å². The molecular formula is C36H48O14. The standard InChI is InChI=1S/C36H48O14/c1-8-20(2)18-21(3)14-15-26(38)48-29-28(39)34(49-30(31(40)41)35(45,32(42)43)36(29,50-34)33(44)46-7)17-16-22(4)27(47-24(6)37)23(5)19-25-12-10-9-11-13-25/h9-15,20-21,23,27-30,39,45H,4,8,16-19H2,1-3,5-7H3,(H,40,41)(H,42,43)/b15-14+/t20-,21+,23+,27?,28+,29+,30+,34+,35+,36+/m0/s1. The number of fused-ring (bicyclic) bond motifs is 2. The normalized spacial score (nSPS) is 29.7. The van der Waals surface area contributed by atoms with Gasteiger partial charge in [-0.15, -0.1) is 0 Å². The summed E-state index contributed by atoms with van der Waals surface area (Å²) in [5.74, 6) is -10.4. The number of rotatable bonds is 17. The number of carbonyl (C=O) groups is 5. The quantitative estimate of drug-likeness (QED) is 0.0795. The van der Waals surface area contributed by atoms with Crippen LogP contribution in [0.25, 0.3) is 0 Å². The highest BCUT2D eigenvalue weighted by atomic mass is 16.8. The summed E-state index contributed by atoms with van der Waals surface area (Å²) in [7, 11) is 0.815. The van der Waals surface area contributed by atoms with E-state index < -0.39 is 77.7 Å². The van der Waals surface area contributed by atoms with Crippen LogP contribution in [-0.2, 0) is 54.1 Å². The maximum atomic E-state index is 13.6. The van der Waals surface area contributed by atoms with Crippen LogP contribution in [0.3, 0.4) is 0 Å². The van der Waals surface area contributed by atoms with Crippen LogP contribution in [0.4, 0.5) is 0 Å². The molecule has 14 nitrogen and oxygen atoms in total. The minimum absolute atomic E-state index is 0.0986. The van der Waals surface area contributed by atoms with Crippen molar-refractivity contribution in [3.8, 4) is 0 Å². The van der Waals surface area contributed by atoms with E-state index in [4.69, 9.17) is 23.7 Å². The van der Waals surface area contributed by atoms with Crippen molar-refractivity contribution in [2.45, 2.75) is 108 Å². The zero-order valence-corrected chi connectivity index (χ0v) is 29.2. The SMILES string of the molecule is C=C(CC[C@@]12O[C@H](C(=O)O)[C@@](O)(C(=O)O)[C@@](C(=O)OC)(O1)[C@H](OC(=O)/C=C/[C@@H](C)C[C@@H](C)CC)[C@H]2O)C(OC(C)=O)[C@H](C)Cc1ccccc1. The van der Waals surface area contributed by atoms with Crippen molar-refractivity contribution in [1.82, 2.24) is 0 Å². The van der Waals surface area contributed by atoms with Crippen LogP contribution in [0.1, 0.15) is 65.9 Å². The number of carboxylic acid groups (broad SMARTS) is 2. The lowest BCUT2D eigenvalue weighted by Crippen LogP contribution is -2.78. The average molecular weight is 705 g/mol. The molecular weight excluding hydrogens is 656 g/mol. The van der Waals surface area contributed by atoms with E-state index in [1.807, 2.05) is 58.0 Å². The van der Waals surface area contributed by atoms with E-state index in [0.29, 0.717) is 12.3 Å². The lowest BCUT2D eigenvalue weighted by atomic mass is 9.74. The summed E-state index contributed by atoms with van der Waals surface area (Å²) >= 11 is 0. The summed E-state index contributed by atoms with van der Waals surface area (Å²) < 4.78 is 27.3. The Morgan fingerprint density at radius 2 is 1.72 bits per heavy atom. The molecule has 0 aliphatic carbocycles. The molecule has 2 saturated heterocycles. The number of hydrogen-bond donors (Lipinski definition) is 4. The van der Waals surface area contributed by atoms with Gasteiger partial charge in [-0.25, -0.2) is 19.2 Å². The Morgan fingerprint density at radius 1 is 1.08 bits per heavy atom. The number of hydrogen-bond acceptors (Lipinski definition) is 12. The molecule has 2 bridgehead atoms. The summed E-state index contributed by atoms with van der Waals surface area (Å²) in [5.41, 5.74) is -5.86. The molecule has 1 aromatic carbocycles. The Kier molecular flexibility index (Phi) is 13.1. The molecule has 0 saturated carbocycles. The van der Waals surface area contributed by atoms with E-state index in [1.165, 1.54) is 13.0 Å².